The maximum atomic E-state index is 12.0. The third-order valence-corrected chi connectivity index (χ3v) is 10.9. The number of rotatable bonds is 2. The highest BCUT2D eigenvalue weighted by molar-refractivity contribution is 14.1. The second-order valence-electron chi connectivity index (χ2n) is 6.43. The molecule has 190 valence electrons. The number of nitrogens with zero attached hydrogens (tertiary/aromatic N) is 3. The molecule has 0 saturated carbocycles. The van der Waals surface area contributed by atoms with Crippen LogP contribution in [0.3, 0.4) is 0 Å². The van der Waals surface area contributed by atoms with Gasteiger partial charge >= 0.3 is 10.2 Å². The van der Waals surface area contributed by atoms with Crippen LogP contribution in [0.25, 0.3) is 0 Å². The van der Waals surface area contributed by atoms with Gasteiger partial charge in [-0.1, -0.05) is 27.0 Å². The van der Waals surface area contributed by atoms with E-state index in [4.69, 9.17) is 33.5 Å². The molecule has 0 atom stereocenters. The number of nitrogens with one attached hydrogen (secondary N) is 1. The Bertz CT molecular complexity index is 1740. The monoisotopic (exact) mass is 716 g/mol. The molecule has 4 rings (SSSR count). The van der Waals surface area contributed by atoms with Gasteiger partial charge in [0.25, 0.3) is 20.0 Å². The molecule has 5 N–H and O–H groups in total. The first kappa shape index (κ1) is 28.0. The Morgan fingerprint density at radius 2 is 1.60 bits per heavy atom. The van der Waals surface area contributed by atoms with E-state index in [0.717, 1.165) is 18.5 Å². The molecule has 35 heavy (non-hydrogen) atoms. The number of hydrogen-bond acceptors (Lipinski definition) is 10. The second-order valence-corrected chi connectivity index (χ2v) is 14.9. The van der Waals surface area contributed by atoms with Crippen LogP contribution in [0.4, 0.5) is 5.69 Å². The van der Waals surface area contributed by atoms with Gasteiger partial charge in [0, 0.05) is 10.6 Å². The van der Waals surface area contributed by atoms with Crippen molar-refractivity contribution in [3.8, 4) is 0 Å². The van der Waals surface area contributed by atoms with Crippen LogP contribution in [0.15, 0.2) is 55.1 Å². The first-order valence-corrected chi connectivity index (χ1v) is 16.2. The summed E-state index contributed by atoms with van der Waals surface area (Å²) in [5.41, 5.74) is 0.296. The molecular formula is C14H11Cl2IN6O8S4. The molecule has 0 aromatic heterocycles. The maximum Gasteiger partial charge on any atom is 0.328 e. The van der Waals surface area contributed by atoms with Crippen LogP contribution < -0.4 is 15.0 Å². The number of hydrogen-bond donors (Lipinski definition) is 3. The number of halogens is 3. The Labute approximate surface area is 223 Å². The smallest absolute Gasteiger partial charge is 0.270 e. The fourth-order valence-electron chi connectivity index (χ4n) is 2.63. The maximum absolute atomic E-state index is 12.0. The molecule has 0 unspecified atom stereocenters. The molecular weight excluding hydrogens is 706 g/mol. The molecule has 0 radical (unpaired) electrons. The molecule has 14 nitrogen and oxygen atoms in total. The Morgan fingerprint density at radius 1 is 0.971 bits per heavy atom. The lowest BCUT2D eigenvalue weighted by molar-refractivity contribution is 0.507. The van der Waals surface area contributed by atoms with Crippen LogP contribution in [0.2, 0.25) is 10.0 Å². The molecule has 2 aromatic carbocycles. The summed E-state index contributed by atoms with van der Waals surface area (Å²) in [5, 5.41) is 13.3. The van der Waals surface area contributed by atoms with Gasteiger partial charge in [0.1, 0.15) is 24.7 Å². The topological polar surface area (TPSA) is 229 Å². The van der Waals surface area contributed by atoms with Crippen molar-refractivity contribution in [2.24, 2.45) is 20.4 Å². The number of primary sulfonamides is 1. The van der Waals surface area contributed by atoms with E-state index in [-0.39, 0.29) is 33.6 Å². The number of sulfonamides is 3. The van der Waals surface area contributed by atoms with Gasteiger partial charge in [-0.2, -0.15) is 16.8 Å². The Kier molecular flexibility index (Phi) is 7.49. The van der Waals surface area contributed by atoms with E-state index in [9.17, 15) is 33.7 Å². The lowest BCUT2D eigenvalue weighted by Gasteiger charge is -2.22. The normalized spacial score (nSPS) is 17.7. The van der Waals surface area contributed by atoms with E-state index in [2.05, 4.69) is 10.1 Å². The Hall–Kier alpha value is -1.59. The van der Waals surface area contributed by atoms with Gasteiger partial charge in [0.15, 0.2) is 0 Å². The highest BCUT2D eigenvalue weighted by atomic mass is 127. The van der Waals surface area contributed by atoms with E-state index >= 15 is 0 Å². The molecule has 0 amide bonds. The molecule has 0 spiro atoms. The molecule has 2 heterocycles. The average molecular weight is 717 g/mol. The van der Waals surface area contributed by atoms with Crippen LogP contribution in [0.5, 0.6) is 0 Å². The highest BCUT2D eigenvalue weighted by Crippen LogP contribution is 2.34. The Morgan fingerprint density at radius 3 is 2.17 bits per heavy atom. The molecule has 2 aromatic rings. The van der Waals surface area contributed by atoms with Crippen LogP contribution in [-0.4, -0.2) is 47.5 Å². The minimum Gasteiger partial charge on any atom is -0.270 e. The van der Waals surface area contributed by atoms with Gasteiger partial charge in [-0.15, -0.1) is 5.10 Å². The quantitative estimate of drug-likeness (QED) is 0.372. The van der Waals surface area contributed by atoms with Crippen LogP contribution in [0, 0.1) is 0 Å². The van der Waals surface area contributed by atoms with Crippen molar-refractivity contribution in [2.45, 2.75) is 14.7 Å². The van der Waals surface area contributed by atoms with Gasteiger partial charge in [0.05, 0.1) is 10.7 Å². The van der Waals surface area contributed by atoms with Crippen molar-refractivity contribution in [3.05, 3.63) is 45.9 Å². The molecule has 0 saturated heterocycles. The lowest BCUT2D eigenvalue weighted by atomic mass is 10.2. The van der Waals surface area contributed by atoms with Crippen molar-refractivity contribution < 1.29 is 33.7 Å². The van der Waals surface area contributed by atoms with Gasteiger partial charge < -0.3 is 0 Å². The molecule has 2 aliphatic rings. The summed E-state index contributed by atoms with van der Waals surface area (Å²) in [5.74, 6) is 0. The van der Waals surface area contributed by atoms with Crippen molar-refractivity contribution in [1.29, 1.82) is 0 Å². The fraction of sp³-hybridized carbons (Fsp3) is 0. The summed E-state index contributed by atoms with van der Waals surface area (Å²) < 4.78 is 94.1. The van der Waals surface area contributed by atoms with E-state index in [1.54, 1.807) is 22.6 Å². The number of fused-ring (bicyclic) bond motifs is 2. The fourth-order valence-corrected chi connectivity index (χ4v) is 8.65. The van der Waals surface area contributed by atoms with Gasteiger partial charge in [-0.25, -0.2) is 32.1 Å². The van der Waals surface area contributed by atoms with Crippen molar-refractivity contribution in [3.63, 3.8) is 0 Å². The second kappa shape index (κ2) is 9.37. The Balaban J connectivity index is 0.000000196. The number of hydrazone groups is 1. The summed E-state index contributed by atoms with van der Waals surface area (Å²) in [7, 11) is -16.7. The number of nitrogens with two attached hydrogens (primary N) is 2. The SMILES string of the molecule is NS(=O)(=O)N1N=C(I)c2cc(Cl)ccc2S1(=O)=O.NS(=O)(=O)c1cc2c(cc1Cl)N=CNS2(=O)=O. The zero-order chi connectivity index (χ0) is 26.6. The first-order valence-electron chi connectivity index (χ1n) is 8.39. The summed E-state index contributed by atoms with van der Waals surface area (Å²) in [6.45, 7) is 0. The van der Waals surface area contributed by atoms with Crippen molar-refractivity contribution in [1.82, 2.24) is 8.54 Å². The van der Waals surface area contributed by atoms with E-state index in [1.807, 2.05) is 4.72 Å². The molecule has 0 aliphatic carbocycles. The summed E-state index contributed by atoms with van der Waals surface area (Å²) in [6, 6.07) is 5.95. The summed E-state index contributed by atoms with van der Waals surface area (Å²) in [6.07, 6.45) is 0.977. The van der Waals surface area contributed by atoms with Gasteiger partial charge in [0.2, 0.25) is 10.0 Å². The van der Waals surface area contributed by atoms with E-state index in [1.165, 1.54) is 18.2 Å². The van der Waals surface area contributed by atoms with Crippen LogP contribution in [0.1, 0.15) is 5.56 Å². The van der Waals surface area contributed by atoms with Crippen molar-refractivity contribution >= 4 is 102 Å². The van der Waals surface area contributed by atoms with Crippen molar-refractivity contribution in [2.75, 3.05) is 0 Å². The summed E-state index contributed by atoms with van der Waals surface area (Å²) in [4.78, 5) is 2.79. The highest BCUT2D eigenvalue weighted by Gasteiger charge is 2.38. The third kappa shape index (κ3) is 5.72. The molecule has 21 heteroatoms. The van der Waals surface area contributed by atoms with Crippen LogP contribution in [-0.2, 0) is 40.3 Å². The number of aliphatic imine (C=N–C) groups is 1. The molecule has 0 fully saturated rings. The van der Waals surface area contributed by atoms with E-state index < -0.39 is 45.2 Å². The minimum atomic E-state index is -4.50. The largest absolute Gasteiger partial charge is 0.328 e. The predicted molar refractivity (Wildman–Crippen MR) is 135 cm³/mol. The zero-order valence-corrected chi connectivity index (χ0v) is 23.4. The van der Waals surface area contributed by atoms with E-state index in [0.29, 0.717) is 5.02 Å². The third-order valence-electron chi connectivity index (χ3n) is 4.06. The standard InChI is InChI=1S/C7H5ClIN3O4S2.C7H6ClN3O4S2/c8-4-1-2-6-5(3-4)7(9)11-12(17(6,13)14)18(10,15)16;8-4-1-5-7(2-6(4)16(9,12)13)17(14,15)11-3-10-5/h1-3H,(H2,10,15,16);1-3H,(H,10,11)(H2,9,12,13). The first-order chi connectivity index (χ1) is 15.9. The average Bonchev–Trinajstić information content (AvgIpc) is 2.68. The van der Waals surface area contributed by atoms with Crippen LogP contribution >= 0.6 is 45.8 Å². The number of benzene rings is 2. The molecule has 2 aliphatic heterocycles. The summed E-state index contributed by atoms with van der Waals surface area (Å²) >= 11 is 13.1. The van der Waals surface area contributed by atoms with Gasteiger partial charge in [-0.05, 0) is 52.9 Å². The minimum absolute atomic E-state index is 0.0566. The lowest BCUT2D eigenvalue weighted by Crippen LogP contribution is -2.40. The molecule has 0 bridgehead atoms. The van der Waals surface area contributed by atoms with Gasteiger partial charge in [-0.3, -0.25) is 4.72 Å². The zero-order valence-electron chi connectivity index (χ0n) is 16.5. The predicted octanol–water partition coefficient (Wildman–Crippen LogP) is 0.584.